The van der Waals surface area contributed by atoms with Gasteiger partial charge in [0.2, 0.25) is 0 Å². The monoisotopic (exact) mass is 596 g/mol. The topological polar surface area (TPSA) is 76.2 Å². The molecule has 0 bridgehead atoms. The van der Waals surface area contributed by atoms with Gasteiger partial charge in [0.1, 0.15) is 11.4 Å². The maximum Gasteiger partial charge on any atom is 0.416 e. The molecule has 3 atom stereocenters. The van der Waals surface area contributed by atoms with E-state index < -0.39 is 40.6 Å². The molecule has 43 heavy (non-hydrogen) atoms. The summed E-state index contributed by atoms with van der Waals surface area (Å²) in [5.74, 6) is 4.28. The molecule has 0 radical (unpaired) electrons. The maximum absolute atomic E-state index is 13.2. The SMILES string of the molecule is C=CCN1CC[C@@]2(c3cccc(OC(C)=O)c3)C[C@@H](N(C)C(=O)C#Cc3ccc(C(F)(F)F)cc3)CC[C@]2(OC(C)=O)C1. The molecule has 1 heterocycles. The van der Waals surface area contributed by atoms with Crippen LogP contribution < -0.4 is 4.74 Å². The van der Waals surface area contributed by atoms with Gasteiger partial charge in [-0.3, -0.25) is 19.3 Å². The highest BCUT2D eigenvalue weighted by atomic mass is 19.4. The molecule has 1 amide bonds. The van der Waals surface area contributed by atoms with Crippen LogP contribution in [0.3, 0.4) is 0 Å². The summed E-state index contributed by atoms with van der Waals surface area (Å²) in [5, 5.41) is 0. The van der Waals surface area contributed by atoms with Crippen LogP contribution in [-0.4, -0.2) is 66.0 Å². The summed E-state index contributed by atoms with van der Waals surface area (Å²) in [6.45, 7) is 8.35. The van der Waals surface area contributed by atoms with E-state index in [1.54, 1.807) is 30.1 Å². The number of hydrogen-bond donors (Lipinski definition) is 0. The fourth-order valence-corrected chi connectivity index (χ4v) is 6.47. The van der Waals surface area contributed by atoms with Gasteiger partial charge in [0.25, 0.3) is 5.91 Å². The minimum absolute atomic E-state index is 0.276. The van der Waals surface area contributed by atoms with Gasteiger partial charge >= 0.3 is 18.1 Å². The predicted octanol–water partition coefficient (Wildman–Crippen LogP) is 5.12. The standard InChI is InChI=1S/C33H35F3N2O5/c1-5-18-38-19-17-31(27-7-6-8-29(20-27)42-23(2)39)21-28(15-16-32(31,22-38)43-24(3)40)37(4)30(41)14-11-25-9-12-26(13-10-25)33(34,35)36/h5-10,12-13,20,28H,1,15-19,21-22H2,2-4H3/t28-,31-,32-/m0/s1. The lowest BCUT2D eigenvalue weighted by Crippen LogP contribution is -2.68. The molecule has 228 valence electrons. The van der Waals surface area contributed by atoms with E-state index in [0.29, 0.717) is 56.6 Å². The van der Waals surface area contributed by atoms with E-state index in [1.807, 2.05) is 12.1 Å². The number of esters is 2. The van der Waals surface area contributed by atoms with Crippen molar-refractivity contribution in [2.24, 2.45) is 0 Å². The van der Waals surface area contributed by atoms with E-state index in [1.165, 1.54) is 26.0 Å². The molecule has 0 spiro atoms. The fourth-order valence-electron chi connectivity index (χ4n) is 6.47. The highest BCUT2D eigenvalue weighted by Crippen LogP contribution is 2.54. The molecule has 0 unspecified atom stereocenters. The van der Waals surface area contributed by atoms with Gasteiger partial charge in [-0.25, -0.2) is 0 Å². The van der Waals surface area contributed by atoms with Gasteiger partial charge < -0.3 is 14.4 Å². The van der Waals surface area contributed by atoms with Crippen molar-refractivity contribution in [3.8, 4) is 17.6 Å². The Balaban J connectivity index is 1.68. The van der Waals surface area contributed by atoms with Gasteiger partial charge in [-0.1, -0.05) is 24.1 Å². The van der Waals surface area contributed by atoms with Gasteiger partial charge in [0.05, 0.1) is 5.56 Å². The van der Waals surface area contributed by atoms with Gasteiger partial charge in [0.15, 0.2) is 0 Å². The third-order valence-electron chi connectivity index (χ3n) is 8.44. The molecule has 1 aliphatic heterocycles. The zero-order chi connectivity index (χ0) is 31.4. The number of piperidine rings is 1. The number of alkyl halides is 3. The summed E-state index contributed by atoms with van der Waals surface area (Å²) < 4.78 is 50.3. The lowest BCUT2D eigenvalue weighted by atomic mass is 9.55. The van der Waals surface area contributed by atoms with Crippen molar-refractivity contribution >= 4 is 17.8 Å². The zero-order valence-corrected chi connectivity index (χ0v) is 24.5. The molecule has 2 fully saturated rings. The number of benzene rings is 2. The number of carbonyl (C=O) groups is 3. The summed E-state index contributed by atoms with van der Waals surface area (Å²) >= 11 is 0. The van der Waals surface area contributed by atoms with Crippen LogP contribution in [-0.2, 0) is 30.7 Å². The first kappa shape index (κ1) is 31.8. The summed E-state index contributed by atoms with van der Waals surface area (Å²) in [6.07, 6.45) is -0.593. The minimum Gasteiger partial charge on any atom is -0.457 e. The van der Waals surface area contributed by atoms with Crippen molar-refractivity contribution in [1.29, 1.82) is 0 Å². The van der Waals surface area contributed by atoms with Crippen molar-refractivity contribution < 1.29 is 37.0 Å². The van der Waals surface area contributed by atoms with Gasteiger partial charge in [-0.15, -0.1) is 6.58 Å². The second-order valence-corrected chi connectivity index (χ2v) is 11.2. The number of hydrogen-bond acceptors (Lipinski definition) is 6. The second-order valence-electron chi connectivity index (χ2n) is 11.2. The first-order valence-corrected chi connectivity index (χ1v) is 14.1. The van der Waals surface area contributed by atoms with Crippen LogP contribution in [0.2, 0.25) is 0 Å². The van der Waals surface area contributed by atoms with Gasteiger partial charge in [-0.05, 0) is 74.2 Å². The molecule has 4 rings (SSSR count). The molecule has 2 aromatic rings. The summed E-state index contributed by atoms with van der Waals surface area (Å²) in [4.78, 5) is 41.3. The number of likely N-dealkylation sites (tertiary alicyclic amines) is 1. The van der Waals surface area contributed by atoms with Crippen molar-refractivity contribution in [1.82, 2.24) is 9.80 Å². The molecule has 2 aromatic carbocycles. The molecule has 1 aliphatic carbocycles. The number of ether oxygens (including phenoxy) is 2. The fraction of sp³-hybridized carbons (Fsp3) is 0.424. The Labute approximate surface area is 249 Å². The average molecular weight is 597 g/mol. The number of rotatable bonds is 6. The highest BCUT2D eigenvalue weighted by Gasteiger charge is 2.61. The number of fused-ring (bicyclic) bond motifs is 1. The highest BCUT2D eigenvalue weighted by molar-refractivity contribution is 5.94. The van der Waals surface area contributed by atoms with Crippen LogP contribution in [0.4, 0.5) is 13.2 Å². The van der Waals surface area contributed by atoms with Crippen LogP contribution in [0.25, 0.3) is 0 Å². The maximum atomic E-state index is 13.2. The van der Waals surface area contributed by atoms with E-state index in [4.69, 9.17) is 9.47 Å². The van der Waals surface area contributed by atoms with Crippen LogP contribution in [0.1, 0.15) is 56.2 Å². The van der Waals surface area contributed by atoms with Crippen molar-refractivity contribution in [2.45, 2.75) is 62.8 Å². The summed E-state index contributed by atoms with van der Waals surface area (Å²) in [7, 11) is 1.66. The normalized spacial score (nSPS) is 23.6. The summed E-state index contributed by atoms with van der Waals surface area (Å²) in [5.41, 5.74) is -1.29. The Kier molecular flexibility index (Phi) is 9.35. The van der Waals surface area contributed by atoms with Crippen LogP contribution in [0.5, 0.6) is 5.75 Å². The Morgan fingerprint density at radius 2 is 1.84 bits per heavy atom. The number of halogens is 3. The molecule has 0 N–H and O–H groups in total. The molecular weight excluding hydrogens is 561 g/mol. The largest absolute Gasteiger partial charge is 0.457 e. The Hall–Kier alpha value is -4.10. The van der Waals surface area contributed by atoms with Crippen LogP contribution >= 0.6 is 0 Å². The van der Waals surface area contributed by atoms with Crippen LogP contribution in [0.15, 0.2) is 61.2 Å². The molecule has 0 aromatic heterocycles. The lowest BCUT2D eigenvalue weighted by Gasteiger charge is -2.60. The van der Waals surface area contributed by atoms with Crippen molar-refractivity contribution in [2.75, 3.05) is 26.7 Å². The van der Waals surface area contributed by atoms with E-state index in [2.05, 4.69) is 23.3 Å². The molecule has 2 aliphatic rings. The smallest absolute Gasteiger partial charge is 0.416 e. The van der Waals surface area contributed by atoms with E-state index in [0.717, 1.165) is 17.7 Å². The first-order chi connectivity index (χ1) is 20.3. The minimum atomic E-state index is -4.46. The molecule has 1 saturated heterocycles. The van der Waals surface area contributed by atoms with Crippen molar-refractivity contribution in [3.05, 3.63) is 77.9 Å². The number of amides is 1. The average Bonchev–Trinajstić information content (AvgIpc) is 2.94. The third kappa shape index (κ3) is 6.94. The molecule has 10 heteroatoms. The second kappa shape index (κ2) is 12.6. The van der Waals surface area contributed by atoms with Crippen molar-refractivity contribution in [3.63, 3.8) is 0 Å². The van der Waals surface area contributed by atoms with E-state index in [-0.39, 0.29) is 6.04 Å². The predicted molar refractivity (Wildman–Crippen MR) is 154 cm³/mol. The third-order valence-corrected chi connectivity index (χ3v) is 8.44. The van der Waals surface area contributed by atoms with Gasteiger partial charge in [0, 0.05) is 56.9 Å². The van der Waals surface area contributed by atoms with Crippen LogP contribution in [0, 0.1) is 11.8 Å². The summed E-state index contributed by atoms with van der Waals surface area (Å²) in [6, 6.07) is 11.3. The molecule has 7 nitrogen and oxygen atoms in total. The van der Waals surface area contributed by atoms with E-state index >= 15 is 0 Å². The van der Waals surface area contributed by atoms with E-state index in [9.17, 15) is 27.6 Å². The Bertz CT molecular complexity index is 1440. The zero-order valence-electron chi connectivity index (χ0n) is 24.5. The molecular formula is C33H35F3N2O5. The number of carbonyl (C=O) groups excluding carboxylic acids is 3. The molecule has 1 saturated carbocycles. The Morgan fingerprint density at radius 1 is 1.12 bits per heavy atom. The van der Waals surface area contributed by atoms with Gasteiger partial charge in [-0.2, -0.15) is 13.2 Å². The number of nitrogens with zero attached hydrogens (tertiary/aromatic N) is 2. The Morgan fingerprint density at radius 3 is 2.47 bits per heavy atom. The quantitative estimate of drug-likeness (QED) is 0.199. The lowest BCUT2D eigenvalue weighted by molar-refractivity contribution is -0.189. The first-order valence-electron chi connectivity index (χ1n) is 14.1.